The summed E-state index contributed by atoms with van der Waals surface area (Å²) in [5.41, 5.74) is 5.66. The summed E-state index contributed by atoms with van der Waals surface area (Å²) in [5.74, 6) is -0.106. The molecule has 4 aromatic rings. The van der Waals surface area contributed by atoms with Gasteiger partial charge in [-0.05, 0) is 73.5 Å². The van der Waals surface area contributed by atoms with E-state index < -0.39 is 0 Å². The fraction of sp³-hybridized carbons (Fsp3) is 0.378. The van der Waals surface area contributed by atoms with Gasteiger partial charge in [-0.25, -0.2) is 4.98 Å². The van der Waals surface area contributed by atoms with Crippen molar-refractivity contribution in [3.05, 3.63) is 111 Å². The molecule has 1 aliphatic rings. The Kier molecular flexibility index (Phi) is 11.5. The SMILES string of the molecule is Cc1csc(CN(C)C(=O)c2cc(C(=O)N[C@H](CCNCc3cncc(C(C)C)c3)Cc3ccccc3)cc(N3CCCC3=O)c2)n1. The molecular weight excluding hydrogens is 609 g/mol. The van der Waals surface area contributed by atoms with Crippen LogP contribution in [0.25, 0.3) is 0 Å². The topological polar surface area (TPSA) is 108 Å². The summed E-state index contributed by atoms with van der Waals surface area (Å²) < 4.78 is 0. The Morgan fingerprint density at radius 2 is 1.83 bits per heavy atom. The van der Waals surface area contributed by atoms with Crippen LogP contribution in [0.15, 0.2) is 72.4 Å². The minimum Gasteiger partial charge on any atom is -0.349 e. The molecule has 2 aromatic carbocycles. The number of aryl methyl sites for hydroxylation is 1. The normalized spacial score (nSPS) is 13.6. The molecule has 0 bridgehead atoms. The summed E-state index contributed by atoms with van der Waals surface area (Å²) >= 11 is 1.51. The van der Waals surface area contributed by atoms with Crippen LogP contribution in [-0.4, -0.2) is 58.8 Å². The Bertz CT molecular complexity index is 1690. The molecule has 47 heavy (non-hydrogen) atoms. The molecule has 3 amide bonds. The molecule has 10 heteroatoms. The van der Waals surface area contributed by atoms with Gasteiger partial charge in [0.1, 0.15) is 5.01 Å². The zero-order valence-electron chi connectivity index (χ0n) is 27.7. The van der Waals surface area contributed by atoms with Crippen LogP contribution < -0.4 is 15.5 Å². The highest BCUT2D eigenvalue weighted by molar-refractivity contribution is 7.09. The Balaban J connectivity index is 1.33. The number of nitrogens with one attached hydrogen (secondary N) is 2. The van der Waals surface area contributed by atoms with Crippen LogP contribution in [0.5, 0.6) is 0 Å². The summed E-state index contributed by atoms with van der Waals surface area (Å²) in [4.78, 5) is 52.4. The standard InChI is InChI=1S/C37H44N6O3S/c1-25(2)31-15-28(21-39-22-31)20-38-13-12-32(16-27-9-6-5-7-10-27)41-36(45)29-17-30(19-33(18-29)43-14-8-11-35(43)44)37(46)42(4)23-34-40-26(3)24-47-34/h5-7,9-10,15,17-19,21-22,24-25,32,38H,8,11-14,16,20,23H2,1-4H3,(H,41,45)/t32-/m1/s1. The lowest BCUT2D eigenvalue weighted by Gasteiger charge is -2.22. The van der Waals surface area contributed by atoms with Crippen LogP contribution >= 0.6 is 11.3 Å². The lowest BCUT2D eigenvalue weighted by molar-refractivity contribution is -0.117. The van der Waals surface area contributed by atoms with Crippen LogP contribution in [0.1, 0.15) is 87.1 Å². The lowest BCUT2D eigenvalue weighted by atomic mass is 10.0. The average molecular weight is 653 g/mol. The van der Waals surface area contributed by atoms with Gasteiger partial charge in [0.25, 0.3) is 11.8 Å². The molecule has 0 unspecified atom stereocenters. The van der Waals surface area contributed by atoms with E-state index in [1.165, 1.54) is 16.9 Å². The molecule has 1 fully saturated rings. The minimum absolute atomic E-state index is 0.00488. The van der Waals surface area contributed by atoms with Crippen molar-refractivity contribution in [1.29, 1.82) is 0 Å². The highest BCUT2D eigenvalue weighted by Gasteiger charge is 2.26. The number of rotatable bonds is 14. The van der Waals surface area contributed by atoms with E-state index in [0.717, 1.165) is 28.2 Å². The highest BCUT2D eigenvalue weighted by atomic mass is 32.1. The third-order valence-corrected chi connectivity index (χ3v) is 9.29. The van der Waals surface area contributed by atoms with Crippen molar-refractivity contribution < 1.29 is 14.4 Å². The van der Waals surface area contributed by atoms with Crippen molar-refractivity contribution >= 4 is 34.7 Å². The molecule has 0 saturated carbocycles. The first-order valence-electron chi connectivity index (χ1n) is 16.3. The van der Waals surface area contributed by atoms with Gasteiger partial charge in [0.05, 0.1) is 6.54 Å². The fourth-order valence-corrected chi connectivity index (χ4v) is 6.56. The maximum Gasteiger partial charge on any atom is 0.254 e. The molecule has 1 aliphatic heterocycles. The van der Waals surface area contributed by atoms with Crippen molar-refractivity contribution in [1.82, 2.24) is 25.5 Å². The van der Waals surface area contributed by atoms with E-state index in [-0.39, 0.29) is 23.8 Å². The van der Waals surface area contributed by atoms with Gasteiger partial charge < -0.3 is 20.4 Å². The van der Waals surface area contributed by atoms with E-state index in [4.69, 9.17) is 0 Å². The number of hydrogen-bond acceptors (Lipinski definition) is 7. The molecule has 2 aromatic heterocycles. The van der Waals surface area contributed by atoms with Crippen molar-refractivity contribution in [2.45, 2.75) is 71.5 Å². The van der Waals surface area contributed by atoms with Crippen molar-refractivity contribution in [3.63, 3.8) is 0 Å². The number of aromatic nitrogens is 2. The minimum atomic E-state index is -0.277. The van der Waals surface area contributed by atoms with E-state index in [1.807, 2.05) is 42.9 Å². The van der Waals surface area contributed by atoms with Gasteiger partial charge in [0, 0.05) is 72.9 Å². The molecule has 0 spiro atoms. The first-order valence-corrected chi connectivity index (χ1v) is 17.2. The second-order valence-electron chi connectivity index (χ2n) is 12.6. The molecule has 1 saturated heterocycles. The smallest absolute Gasteiger partial charge is 0.254 e. The fourth-order valence-electron chi connectivity index (χ4n) is 5.73. The van der Waals surface area contributed by atoms with Gasteiger partial charge >= 0.3 is 0 Å². The average Bonchev–Trinajstić information content (AvgIpc) is 3.69. The quantitative estimate of drug-likeness (QED) is 0.165. The molecule has 0 aliphatic carbocycles. The van der Waals surface area contributed by atoms with Gasteiger partial charge in [0.15, 0.2) is 0 Å². The second-order valence-corrected chi connectivity index (χ2v) is 13.5. The predicted molar refractivity (Wildman–Crippen MR) is 187 cm³/mol. The largest absolute Gasteiger partial charge is 0.349 e. The molecule has 0 radical (unpaired) electrons. The molecule has 3 heterocycles. The number of pyridine rings is 1. The van der Waals surface area contributed by atoms with Gasteiger partial charge in [-0.1, -0.05) is 50.2 Å². The van der Waals surface area contributed by atoms with Gasteiger partial charge in [0.2, 0.25) is 5.91 Å². The molecule has 9 nitrogen and oxygen atoms in total. The van der Waals surface area contributed by atoms with E-state index in [0.29, 0.717) is 68.2 Å². The van der Waals surface area contributed by atoms with Crippen LogP contribution in [-0.2, 0) is 24.3 Å². The van der Waals surface area contributed by atoms with Crippen LogP contribution in [0.3, 0.4) is 0 Å². The number of carbonyl (C=O) groups is 3. The highest BCUT2D eigenvalue weighted by Crippen LogP contribution is 2.26. The third-order valence-electron chi connectivity index (χ3n) is 8.34. The maximum absolute atomic E-state index is 13.9. The Hall–Kier alpha value is -4.41. The van der Waals surface area contributed by atoms with Crippen molar-refractivity contribution in [2.75, 3.05) is 25.0 Å². The number of amides is 3. The van der Waals surface area contributed by atoms with Gasteiger partial charge in [-0.15, -0.1) is 11.3 Å². The number of thiazole rings is 1. The molecule has 246 valence electrons. The summed E-state index contributed by atoms with van der Waals surface area (Å²) in [6, 6.07) is 17.2. The third kappa shape index (κ3) is 9.33. The van der Waals surface area contributed by atoms with E-state index >= 15 is 0 Å². The summed E-state index contributed by atoms with van der Waals surface area (Å²) in [6.07, 6.45) is 6.34. The number of hydrogen-bond donors (Lipinski definition) is 2. The number of anilines is 1. The van der Waals surface area contributed by atoms with E-state index in [2.05, 4.69) is 52.6 Å². The Labute approximate surface area is 281 Å². The van der Waals surface area contributed by atoms with Crippen LogP contribution in [0, 0.1) is 6.92 Å². The number of nitrogens with zero attached hydrogens (tertiary/aromatic N) is 4. The maximum atomic E-state index is 13.9. The molecule has 1 atom stereocenters. The van der Waals surface area contributed by atoms with E-state index in [9.17, 15) is 14.4 Å². The zero-order chi connectivity index (χ0) is 33.3. The summed E-state index contributed by atoms with van der Waals surface area (Å²) in [6.45, 7) is 8.53. The summed E-state index contributed by atoms with van der Waals surface area (Å²) in [5, 5.41) is 9.55. The number of carbonyl (C=O) groups excluding carboxylic acids is 3. The Morgan fingerprint density at radius 3 is 2.53 bits per heavy atom. The monoisotopic (exact) mass is 652 g/mol. The van der Waals surface area contributed by atoms with Crippen molar-refractivity contribution in [2.24, 2.45) is 0 Å². The van der Waals surface area contributed by atoms with Crippen LogP contribution in [0.4, 0.5) is 5.69 Å². The molecular formula is C37H44N6O3S. The van der Waals surface area contributed by atoms with Gasteiger partial charge in [-0.2, -0.15) is 0 Å². The van der Waals surface area contributed by atoms with E-state index in [1.54, 1.807) is 35.0 Å². The van der Waals surface area contributed by atoms with Crippen LogP contribution in [0.2, 0.25) is 0 Å². The predicted octanol–water partition coefficient (Wildman–Crippen LogP) is 5.89. The van der Waals surface area contributed by atoms with Crippen molar-refractivity contribution in [3.8, 4) is 0 Å². The first-order chi connectivity index (χ1) is 22.7. The van der Waals surface area contributed by atoms with Gasteiger partial charge in [-0.3, -0.25) is 19.4 Å². The lowest BCUT2D eigenvalue weighted by Crippen LogP contribution is -2.39. The summed E-state index contributed by atoms with van der Waals surface area (Å²) in [7, 11) is 1.73. The Morgan fingerprint density at radius 1 is 1.04 bits per heavy atom. The molecule has 2 N–H and O–H groups in total. The molecule has 5 rings (SSSR count). The second kappa shape index (κ2) is 15.9. The zero-order valence-corrected chi connectivity index (χ0v) is 28.5. The number of benzene rings is 2. The first kappa shape index (κ1) is 33.9.